The molecular weight excluding hydrogens is 278 g/mol. The lowest BCUT2D eigenvalue weighted by atomic mass is 10.00. The number of nitrogens with zero attached hydrogens (tertiary/aromatic N) is 2. The highest BCUT2D eigenvalue weighted by Crippen LogP contribution is 2.32. The number of nitro groups is 1. The first-order valence-electron chi connectivity index (χ1n) is 6.89. The van der Waals surface area contributed by atoms with Gasteiger partial charge in [0, 0.05) is 18.2 Å². The molecule has 1 fully saturated rings. The molecule has 0 bridgehead atoms. The van der Waals surface area contributed by atoms with Gasteiger partial charge in [-0.3, -0.25) is 10.1 Å². The van der Waals surface area contributed by atoms with Gasteiger partial charge in [0.15, 0.2) is 0 Å². The van der Waals surface area contributed by atoms with Crippen molar-refractivity contribution in [2.24, 2.45) is 0 Å². The van der Waals surface area contributed by atoms with Gasteiger partial charge in [0.25, 0.3) is 5.69 Å². The molecule has 2 atom stereocenters. The standard InChI is InChI=1S/C14H20ClN3O2/c1-9-7-14(18(19)20)12(15)8-13(9)16-17-10(2)5-4-6-11(17)3/h7-8,10-11,16H,4-6H2,1-3H3. The van der Waals surface area contributed by atoms with Crippen LogP contribution >= 0.6 is 11.6 Å². The van der Waals surface area contributed by atoms with E-state index in [-0.39, 0.29) is 10.7 Å². The maximum absolute atomic E-state index is 10.9. The largest absolute Gasteiger partial charge is 0.318 e. The highest BCUT2D eigenvalue weighted by molar-refractivity contribution is 6.33. The van der Waals surface area contributed by atoms with E-state index >= 15 is 0 Å². The first-order chi connectivity index (χ1) is 9.40. The molecule has 1 N–H and O–H groups in total. The number of piperidine rings is 1. The molecule has 110 valence electrons. The van der Waals surface area contributed by atoms with E-state index in [0.717, 1.165) is 24.1 Å². The predicted octanol–water partition coefficient (Wildman–Crippen LogP) is 4.15. The molecule has 20 heavy (non-hydrogen) atoms. The first kappa shape index (κ1) is 15.1. The molecule has 1 saturated heterocycles. The van der Waals surface area contributed by atoms with Crippen molar-refractivity contribution >= 4 is 23.0 Å². The highest BCUT2D eigenvalue weighted by Gasteiger charge is 2.25. The average molecular weight is 298 g/mol. The Morgan fingerprint density at radius 3 is 2.50 bits per heavy atom. The van der Waals surface area contributed by atoms with Crippen LogP contribution < -0.4 is 5.43 Å². The van der Waals surface area contributed by atoms with Gasteiger partial charge < -0.3 is 5.43 Å². The maximum Gasteiger partial charge on any atom is 0.288 e. The number of halogens is 1. The van der Waals surface area contributed by atoms with Crippen LogP contribution in [0.15, 0.2) is 12.1 Å². The minimum atomic E-state index is -0.453. The lowest BCUT2D eigenvalue weighted by molar-refractivity contribution is -0.384. The third kappa shape index (κ3) is 3.04. The lowest BCUT2D eigenvalue weighted by Gasteiger charge is -2.39. The van der Waals surface area contributed by atoms with Crippen LogP contribution in [0, 0.1) is 17.0 Å². The smallest absolute Gasteiger partial charge is 0.288 e. The molecule has 5 nitrogen and oxygen atoms in total. The van der Waals surface area contributed by atoms with E-state index in [1.807, 2.05) is 6.92 Å². The summed E-state index contributed by atoms with van der Waals surface area (Å²) in [6.45, 7) is 6.22. The van der Waals surface area contributed by atoms with E-state index in [2.05, 4.69) is 24.3 Å². The van der Waals surface area contributed by atoms with Crippen molar-refractivity contribution in [3.8, 4) is 0 Å². The molecule has 1 aliphatic rings. The SMILES string of the molecule is Cc1cc([N+](=O)[O-])c(Cl)cc1NN1C(C)CCCC1C. The van der Waals surface area contributed by atoms with E-state index in [0.29, 0.717) is 12.1 Å². The van der Waals surface area contributed by atoms with Gasteiger partial charge in [-0.15, -0.1) is 0 Å². The lowest BCUT2D eigenvalue weighted by Crippen LogP contribution is -2.47. The van der Waals surface area contributed by atoms with Crippen LogP contribution in [0.25, 0.3) is 0 Å². The van der Waals surface area contributed by atoms with Crippen LogP contribution in [0.3, 0.4) is 0 Å². The third-order valence-electron chi connectivity index (χ3n) is 3.93. The van der Waals surface area contributed by atoms with E-state index < -0.39 is 4.92 Å². The highest BCUT2D eigenvalue weighted by atomic mass is 35.5. The van der Waals surface area contributed by atoms with Crippen LogP contribution in [0.1, 0.15) is 38.7 Å². The zero-order valence-corrected chi connectivity index (χ0v) is 12.8. The molecule has 0 saturated carbocycles. The Labute approximate surface area is 124 Å². The zero-order valence-electron chi connectivity index (χ0n) is 12.0. The maximum atomic E-state index is 10.9. The van der Waals surface area contributed by atoms with Crippen molar-refractivity contribution < 1.29 is 4.92 Å². The quantitative estimate of drug-likeness (QED) is 0.672. The summed E-state index contributed by atoms with van der Waals surface area (Å²) in [4.78, 5) is 10.4. The minimum absolute atomic E-state index is 0.0468. The van der Waals surface area contributed by atoms with Crippen LogP contribution in [-0.4, -0.2) is 22.0 Å². The summed E-state index contributed by atoms with van der Waals surface area (Å²) in [6.07, 6.45) is 3.54. The van der Waals surface area contributed by atoms with Crippen LogP contribution in [0.4, 0.5) is 11.4 Å². The summed E-state index contributed by atoms with van der Waals surface area (Å²) in [6, 6.07) is 4.03. The Morgan fingerprint density at radius 1 is 1.35 bits per heavy atom. The molecule has 0 aliphatic carbocycles. The van der Waals surface area contributed by atoms with Gasteiger partial charge in [-0.25, -0.2) is 5.01 Å². The summed E-state index contributed by atoms with van der Waals surface area (Å²) in [5.41, 5.74) is 4.99. The number of rotatable bonds is 3. The molecule has 1 aliphatic heterocycles. The predicted molar refractivity (Wildman–Crippen MR) is 81.1 cm³/mol. The molecule has 1 aromatic rings. The van der Waals surface area contributed by atoms with Crippen LogP contribution in [-0.2, 0) is 0 Å². The van der Waals surface area contributed by atoms with Crippen molar-refractivity contribution in [3.63, 3.8) is 0 Å². The fourth-order valence-corrected chi connectivity index (χ4v) is 2.94. The van der Waals surface area contributed by atoms with Gasteiger partial charge in [-0.2, -0.15) is 0 Å². The summed E-state index contributed by atoms with van der Waals surface area (Å²) >= 11 is 5.99. The third-order valence-corrected chi connectivity index (χ3v) is 4.24. The molecule has 6 heteroatoms. The molecule has 1 heterocycles. The van der Waals surface area contributed by atoms with Gasteiger partial charge in [0.05, 0.1) is 10.6 Å². The topological polar surface area (TPSA) is 58.4 Å². The summed E-state index contributed by atoms with van der Waals surface area (Å²) in [5, 5.41) is 13.3. The summed E-state index contributed by atoms with van der Waals surface area (Å²) in [5.74, 6) is 0. The van der Waals surface area contributed by atoms with Crippen LogP contribution in [0.5, 0.6) is 0 Å². The number of anilines is 1. The average Bonchev–Trinajstić information content (AvgIpc) is 2.37. The van der Waals surface area contributed by atoms with E-state index in [4.69, 9.17) is 11.6 Å². The van der Waals surface area contributed by atoms with Crippen molar-refractivity contribution in [2.75, 3.05) is 5.43 Å². The van der Waals surface area contributed by atoms with Crippen LogP contribution in [0.2, 0.25) is 5.02 Å². The van der Waals surface area contributed by atoms with Crippen molar-refractivity contribution in [1.82, 2.24) is 5.01 Å². The Morgan fingerprint density at radius 2 is 1.95 bits per heavy atom. The van der Waals surface area contributed by atoms with E-state index in [1.54, 1.807) is 6.07 Å². The second-order valence-electron chi connectivity index (χ2n) is 5.52. The van der Waals surface area contributed by atoms with Gasteiger partial charge in [-0.05, 0) is 45.2 Å². The molecule has 2 unspecified atom stereocenters. The van der Waals surface area contributed by atoms with Gasteiger partial charge in [0.1, 0.15) is 5.02 Å². The van der Waals surface area contributed by atoms with Gasteiger partial charge in [0.2, 0.25) is 0 Å². The molecule has 2 rings (SSSR count). The van der Waals surface area contributed by atoms with Gasteiger partial charge in [-0.1, -0.05) is 18.0 Å². The first-order valence-corrected chi connectivity index (χ1v) is 7.27. The molecule has 0 amide bonds. The number of nitro benzene ring substituents is 1. The van der Waals surface area contributed by atoms with Crippen molar-refractivity contribution in [3.05, 3.63) is 32.8 Å². The van der Waals surface area contributed by atoms with Gasteiger partial charge >= 0.3 is 0 Å². The Bertz CT molecular complexity index is 511. The number of aryl methyl sites for hydroxylation is 1. The Balaban J connectivity index is 2.25. The molecule has 1 aromatic carbocycles. The normalized spacial score (nSPS) is 23.6. The second-order valence-corrected chi connectivity index (χ2v) is 5.93. The number of hydrazine groups is 1. The number of hydrogen-bond acceptors (Lipinski definition) is 4. The number of hydrogen-bond donors (Lipinski definition) is 1. The molecule has 0 spiro atoms. The second kappa shape index (κ2) is 5.97. The zero-order chi connectivity index (χ0) is 14.9. The molecular formula is C14H20ClN3O2. The fraction of sp³-hybridized carbons (Fsp3) is 0.571. The van der Waals surface area contributed by atoms with E-state index in [1.165, 1.54) is 12.5 Å². The monoisotopic (exact) mass is 297 g/mol. The Kier molecular flexibility index (Phi) is 4.50. The van der Waals surface area contributed by atoms with Crippen molar-refractivity contribution in [1.29, 1.82) is 0 Å². The van der Waals surface area contributed by atoms with E-state index in [9.17, 15) is 10.1 Å². The minimum Gasteiger partial charge on any atom is -0.318 e. The van der Waals surface area contributed by atoms with Crippen molar-refractivity contribution in [2.45, 2.75) is 52.1 Å². The molecule has 0 radical (unpaired) electrons. The summed E-state index contributed by atoms with van der Waals surface area (Å²) < 4.78 is 0. The number of nitrogens with one attached hydrogen (secondary N) is 1. The number of benzene rings is 1. The fourth-order valence-electron chi connectivity index (χ4n) is 2.71. The Hall–Kier alpha value is -1.33. The summed E-state index contributed by atoms with van der Waals surface area (Å²) in [7, 11) is 0. The molecule has 0 aromatic heterocycles.